The van der Waals surface area contributed by atoms with Crippen molar-refractivity contribution in [3.63, 3.8) is 0 Å². The van der Waals surface area contributed by atoms with Gasteiger partial charge < -0.3 is 111 Å². The normalized spacial score (nSPS) is 18.2. The first-order valence-electron chi connectivity index (χ1n) is 48.8. The van der Waals surface area contributed by atoms with Gasteiger partial charge in [-0.05, 0) is 166 Å². The number of H-pyrrole nitrogens is 5. The van der Waals surface area contributed by atoms with Crippen LogP contribution in [0.3, 0.4) is 0 Å². The zero-order valence-electron chi connectivity index (χ0n) is 79.4. The van der Waals surface area contributed by atoms with E-state index in [0.717, 1.165) is 302 Å². The molecular weight excluding hydrogens is 1830 g/mol. The summed E-state index contributed by atoms with van der Waals surface area (Å²) in [5.41, 5.74) is 26.3. The van der Waals surface area contributed by atoms with Crippen LogP contribution < -0.4 is 53.6 Å². The van der Waals surface area contributed by atoms with Crippen LogP contribution in [0.25, 0.3) is 98.2 Å². The number of hydrogen-bond acceptors (Lipinski definition) is 26. The van der Waals surface area contributed by atoms with Crippen LogP contribution in [0, 0.1) is 23.3 Å². The number of oxazole rings is 3. The lowest BCUT2D eigenvalue weighted by Crippen LogP contribution is -2.45. The Morgan fingerprint density at radius 2 is 0.789 bits per heavy atom. The lowest BCUT2D eigenvalue weighted by Gasteiger charge is -2.34. The predicted molar refractivity (Wildman–Crippen MR) is 546 cm³/mol. The molecule has 0 aliphatic carbocycles. The predicted octanol–water partition coefficient (Wildman–Crippen LogP) is 19.0. The first-order chi connectivity index (χ1) is 69.4. The van der Waals surface area contributed by atoms with Crippen LogP contribution >= 0.6 is 11.3 Å². The number of nitrogens with zero attached hydrogens (tertiary/aromatic N) is 16. The number of pyridine rings is 1. The molecule has 0 saturated carbocycles. The average Bonchev–Trinajstić information content (AvgIpc) is 1.62. The maximum Gasteiger partial charge on any atom is 0.298 e. The first-order valence-corrected chi connectivity index (χ1v) is 49.6. The van der Waals surface area contributed by atoms with Gasteiger partial charge in [-0.25, -0.2) is 32.5 Å². The van der Waals surface area contributed by atoms with Gasteiger partial charge in [0.2, 0.25) is 5.95 Å². The molecule has 0 bridgehead atoms. The van der Waals surface area contributed by atoms with Crippen LogP contribution in [0.15, 0.2) is 183 Å². The number of morpholine rings is 4. The Morgan fingerprint density at radius 3 is 1.26 bits per heavy atom. The molecule has 28 rings (SSSR count). The van der Waals surface area contributed by atoms with Gasteiger partial charge >= 0.3 is 0 Å². The fourth-order valence-corrected chi connectivity index (χ4v) is 22.4. The number of para-hydroxylation sites is 1. The van der Waals surface area contributed by atoms with E-state index in [1.807, 2.05) is 66.9 Å². The number of anilines is 9. The number of fused-ring (bicyclic) bond motifs is 19. The largest absolute Gasteiger partial charge is 0.495 e. The number of aromatic nitrogens is 12. The molecule has 0 radical (unpaired) electrons. The molecular formula is C107H107F4N21O9S. The van der Waals surface area contributed by atoms with Crippen molar-refractivity contribution in [1.82, 2.24) is 59.8 Å². The maximum absolute atomic E-state index is 13.6. The average molecular weight is 1940 g/mol. The molecule has 142 heavy (non-hydrogen) atoms. The first kappa shape index (κ1) is 89.9. The number of methoxy groups -OCH3 is 2. The van der Waals surface area contributed by atoms with Gasteiger partial charge in [0, 0.05) is 272 Å². The Balaban J connectivity index is 0.0000000963. The lowest BCUT2D eigenvalue weighted by atomic mass is 10.0. The highest BCUT2D eigenvalue weighted by atomic mass is 32.1. The number of aromatic amines is 5. The molecule has 9 aliphatic heterocycles. The minimum Gasteiger partial charge on any atom is -0.495 e. The number of hydrogen-bond donors (Lipinski definition) is 5. The lowest BCUT2D eigenvalue weighted by molar-refractivity contribution is -0.00663. The van der Waals surface area contributed by atoms with Gasteiger partial charge in [-0.2, -0.15) is 19.9 Å². The van der Waals surface area contributed by atoms with Crippen molar-refractivity contribution in [2.24, 2.45) is 0 Å². The monoisotopic (exact) mass is 1940 g/mol. The summed E-state index contributed by atoms with van der Waals surface area (Å²) in [5, 5.41) is 6.58. The molecule has 11 aromatic heterocycles. The zero-order valence-corrected chi connectivity index (χ0v) is 80.3. The Labute approximate surface area is 817 Å². The molecule has 0 spiro atoms. The number of benzene rings is 8. The Hall–Kier alpha value is -14.7. The second kappa shape index (κ2) is 38.1. The van der Waals surface area contributed by atoms with E-state index in [1.54, 1.807) is 56.0 Å². The fourth-order valence-electron chi connectivity index (χ4n) is 21.4. The van der Waals surface area contributed by atoms with Gasteiger partial charge in [0.05, 0.1) is 83.5 Å². The fraction of sp³-hybridized carbons (Fsp3) is 0.336. The zero-order chi connectivity index (χ0) is 95.9. The minimum atomic E-state index is -0.219. The molecule has 728 valence electrons. The summed E-state index contributed by atoms with van der Waals surface area (Å²) in [4.78, 5) is 71.1. The summed E-state index contributed by atoms with van der Waals surface area (Å²) >= 11 is 1.61. The van der Waals surface area contributed by atoms with E-state index in [2.05, 4.69) is 148 Å². The summed E-state index contributed by atoms with van der Waals surface area (Å²) in [5.74, 6) is 2.46. The van der Waals surface area contributed by atoms with Crippen molar-refractivity contribution in [3.05, 3.63) is 250 Å². The van der Waals surface area contributed by atoms with Crippen LogP contribution in [0.5, 0.6) is 11.5 Å². The molecule has 4 fully saturated rings. The van der Waals surface area contributed by atoms with Gasteiger partial charge in [0.15, 0.2) is 26.7 Å². The maximum atomic E-state index is 13.6. The summed E-state index contributed by atoms with van der Waals surface area (Å²) in [6.07, 6.45) is 8.57. The smallest absolute Gasteiger partial charge is 0.298 e. The van der Waals surface area contributed by atoms with Gasteiger partial charge in [-0.15, -0.1) is 0 Å². The highest BCUT2D eigenvalue weighted by Gasteiger charge is 2.33. The SMILES string of the molecule is COc1ccc(N2CCc3[nH]c4cc(F)ccc4c3C2)nc1.COc1cccc2c3c([nH]c12)CCN(c1ccc2oc(N4CCOCC4)nc2c1)C3.C[C@@H]1CN(c2nc3cc(N4CCc5[nH]c6cc(F)ccc6c5C4)ccc3o2)C[C@H](C)O1.C[C@H]1CN(c2nc3cc(N4CCc5[nH]c6cc(F)ccc6c5C4)ccc3o2)CCO1.Fc1ccc2c3c([nH]c2c1)CCN(c1ncc2nc(N4CCOCC4)sc2n1)C3. The third kappa shape index (κ3) is 18.0. The molecule has 4 saturated heterocycles. The Kier molecular flexibility index (Phi) is 24.1. The Morgan fingerprint density at radius 1 is 0.359 bits per heavy atom. The molecule has 19 aromatic rings. The number of halogens is 4. The van der Waals surface area contributed by atoms with E-state index >= 15 is 0 Å². The third-order valence-electron chi connectivity index (χ3n) is 28.6. The summed E-state index contributed by atoms with van der Waals surface area (Å²) in [6, 6.07) is 50.7. The van der Waals surface area contributed by atoms with Crippen LogP contribution in [-0.4, -0.2) is 210 Å². The van der Waals surface area contributed by atoms with Crippen molar-refractivity contribution in [3.8, 4) is 11.5 Å². The van der Waals surface area contributed by atoms with E-state index in [1.165, 1.54) is 91.6 Å². The topological polar surface area (TPSA) is 293 Å². The number of thiazole rings is 1. The molecule has 8 aromatic carbocycles. The quantitative estimate of drug-likeness (QED) is 0.0752. The minimum absolute atomic E-state index is 0.154. The highest BCUT2D eigenvalue weighted by Crippen LogP contribution is 2.42. The van der Waals surface area contributed by atoms with Crippen molar-refractivity contribution in [2.45, 2.75) is 104 Å². The molecule has 5 N–H and O–H groups in total. The second-order valence-electron chi connectivity index (χ2n) is 37.8. The van der Waals surface area contributed by atoms with Crippen molar-refractivity contribution in [2.75, 3.05) is 176 Å². The van der Waals surface area contributed by atoms with Crippen molar-refractivity contribution >= 4 is 162 Å². The standard InChI is InChI=1S/C24H25FN4O2.C23H23FN4O2.C23H24N4O3.C20H19FN6OS.C17H16FN3O/c1-14-11-29(12-15(2)30-14)24-27-22-10-17(4-6-23(22)31-24)28-8-7-20-19(13-28)18-5-3-16(25)9-21(18)26-20;1-14-12-28(8-9-29-14)23-26-21-11-16(3-5-22(21)30-23)27-7-6-19-18(13-27)17-4-2-15(24)10-20(17)25-19;1-28-21-4-2-3-16-17-14-27(8-7-18(17)24-22(16)21)15-5-6-20-19(13-15)25-23(30-20)26-9-11-29-12-10-26;21-12-1-2-13-14-11-27(4-3-15(14)23-16(13)9-12)19-22-10-17-18(25-19)29-20(24-17)26-5-7-28-8-6-26;1-22-12-3-5-17(19-9-12)21-7-6-15-14(10-21)13-4-2-11(18)8-16(13)20-15/h3-6,9-10,14-15,26H,7-8,11-13H2,1-2H3;2-5,10-11,14,25H,6-9,12-13H2,1H3;2-6,13,24H,7-12,14H2,1H3;1-2,9-10,23H,3-8,11H2;2-5,8-9,20H,6-7,10H2,1H3/t14-,15+;14-;;;/m.0.../s1. The molecule has 3 atom stereocenters. The molecule has 30 nitrogen and oxygen atoms in total. The molecule has 35 heteroatoms. The number of ether oxygens (including phenoxy) is 6. The highest BCUT2D eigenvalue weighted by molar-refractivity contribution is 7.21. The van der Waals surface area contributed by atoms with Crippen LogP contribution in [-0.2, 0) is 83.8 Å². The van der Waals surface area contributed by atoms with E-state index < -0.39 is 0 Å². The summed E-state index contributed by atoms with van der Waals surface area (Å²) < 4.78 is 105. The number of nitrogens with one attached hydrogen (secondary N) is 5. The van der Waals surface area contributed by atoms with E-state index in [9.17, 15) is 17.6 Å². The molecule has 20 heterocycles. The van der Waals surface area contributed by atoms with Crippen LogP contribution in [0.4, 0.5) is 69.6 Å². The second-order valence-corrected chi connectivity index (χ2v) is 38.7. The third-order valence-corrected chi connectivity index (χ3v) is 29.6. The van der Waals surface area contributed by atoms with Crippen LogP contribution in [0.1, 0.15) is 77.1 Å². The van der Waals surface area contributed by atoms with Crippen LogP contribution in [0.2, 0.25) is 0 Å². The molecule has 0 unspecified atom stereocenters. The molecule has 9 aliphatic rings. The summed E-state index contributed by atoms with van der Waals surface area (Å²) in [7, 11) is 3.36. The van der Waals surface area contributed by atoms with Crippen molar-refractivity contribution < 1.29 is 59.2 Å². The van der Waals surface area contributed by atoms with E-state index in [0.29, 0.717) is 31.2 Å². The van der Waals surface area contributed by atoms with Gasteiger partial charge in [-0.3, -0.25) is 0 Å². The summed E-state index contributed by atoms with van der Waals surface area (Å²) in [6.45, 7) is 24.7. The van der Waals surface area contributed by atoms with E-state index in [4.69, 9.17) is 66.6 Å². The van der Waals surface area contributed by atoms with Gasteiger partial charge in [0.1, 0.15) is 62.7 Å². The van der Waals surface area contributed by atoms with Gasteiger partial charge in [0.25, 0.3) is 18.0 Å². The van der Waals surface area contributed by atoms with Gasteiger partial charge in [-0.1, -0.05) is 23.5 Å². The number of rotatable bonds is 11. The van der Waals surface area contributed by atoms with E-state index in [-0.39, 0.29) is 41.6 Å². The molecule has 0 amide bonds. The Bertz CT molecular complexity index is 7900. The van der Waals surface area contributed by atoms with Crippen molar-refractivity contribution in [1.29, 1.82) is 0 Å².